The van der Waals surface area contributed by atoms with Gasteiger partial charge in [-0.1, -0.05) is 13.8 Å². The van der Waals surface area contributed by atoms with Gasteiger partial charge in [0.2, 0.25) is 0 Å². The Labute approximate surface area is 122 Å². The van der Waals surface area contributed by atoms with Crippen LogP contribution in [0.3, 0.4) is 0 Å². The summed E-state index contributed by atoms with van der Waals surface area (Å²) in [6.07, 6.45) is -4.78. The molecule has 1 atom stereocenters. The molecule has 0 saturated heterocycles. The van der Waals surface area contributed by atoms with Gasteiger partial charge in [0.25, 0.3) is 0 Å². The molecule has 0 heterocycles. The fraction of sp³-hybridized carbons (Fsp3) is 0.417. The number of carboxylic acid groups (broad SMARTS) is 1. The molecule has 0 amide bonds. The number of ether oxygens (including phenoxy) is 1. The van der Waals surface area contributed by atoms with Gasteiger partial charge in [-0.05, 0) is 40.0 Å². The molecule has 0 saturated carbocycles. The first-order valence-corrected chi connectivity index (χ1v) is 6.44. The lowest BCUT2D eigenvalue weighted by Crippen LogP contribution is -2.34. The molecule has 0 bridgehead atoms. The van der Waals surface area contributed by atoms with E-state index in [1.165, 1.54) is 12.1 Å². The Hall–Kier alpha value is -1.44. The van der Waals surface area contributed by atoms with E-state index in [0.29, 0.717) is 5.69 Å². The Morgan fingerprint density at radius 2 is 2.00 bits per heavy atom. The largest absolute Gasteiger partial charge is 0.573 e. The monoisotopic (exact) mass is 355 g/mol. The van der Waals surface area contributed by atoms with Gasteiger partial charge in [-0.25, -0.2) is 4.79 Å². The van der Waals surface area contributed by atoms with Crippen molar-refractivity contribution >= 4 is 27.6 Å². The lowest BCUT2D eigenvalue weighted by molar-refractivity contribution is -0.274. The summed E-state index contributed by atoms with van der Waals surface area (Å²) in [5, 5.41) is 11.8. The number of anilines is 1. The highest BCUT2D eigenvalue weighted by atomic mass is 79.9. The number of hydrogen-bond acceptors (Lipinski definition) is 3. The Bertz CT molecular complexity index is 491. The Kier molecular flexibility index (Phi) is 5.27. The summed E-state index contributed by atoms with van der Waals surface area (Å²) in [5.41, 5.74) is 0.382. The van der Waals surface area contributed by atoms with E-state index in [1.807, 2.05) is 0 Å². The average molecular weight is 356 g/mol. The third-order valence-corrected chi connectivity index (χ3v) is 3.03. The average Bonchev–Trinajstić information content (AvgIpc) is 2.26. The van der Waals surface area contributed by atoms with Gasteiger partial charge in [-0.3, -0.25) is 0 Å². The molecule has 112 valence electrons. The Morgan fingerprint density at radius 1 is 1.40 bits per heavy atom. The summed E-state index contributed by atoms with van der Waals surface area (Å²) in [6.45, 7) is 3.45. The second-order valence-electron chi connectivity index (χ2n) is 4.40. The van der Waals surface area contributed by atoms with E-state index in [0.717, 1.165) is 6.07 Å². The van der Waals surface area contributed by atoms with Gasteiger partial charge in [-0.2, -0.15) is 0 Å². The normalized spacial score (nSPS) is 13.2. The molecule has 8 heteroatoms. The lowest BCUT2D eigenvalue weighted by Gasteiger charge is -2.20. The number of nitrogens with one attached hydrogen (secondary N) is 1. The second-order valence-corrected chi connectivity index (χ2v) is 5.25. The minimum Gasteiger partial charge on any atom is -0.480 e. The molecule has 0 radical (unpaired) electrons. The fourth-order valence-electron chi connectivity index (χ4n) is 1.49. The van der Waals surface area contributed by atoms with E-state index >= 15 is 0 Å². The van der Waals surface area contributed by atoms with Crippen LogP contribution in [0.5, 0.6) is 5.75 Å². The number of rotatable bonds is 5. The maximum atomic E-state index is 12.1. The van der Waals surface area contributed by atoms with Gasteiger partial charge in [0, 0.05) is 5.69 Å². The third kappa shape index (κ3) is 4.92. The molecule has 0 aliphatic heterocycles. The minimum absolute atomic E-state index is 0.0766. The molecule has 1 unspecified atom stereocenters. The smallest absolute Gasteiger partial charge is 0.480 e. The number of carboxylic acids is 1. The highest BCUT2D eigenvalue weighted by Crippen LogP contribution is 2.32. The molecule has 2 N–H and O–H groups in total. The zero-order chi connectivity index (χ0) is 15.5. The van der Waals surface area contributed by atoms with Gasteiger partial charge in [-0.15, -0.1) is 13.2 Å². The first kappa shape index (κ1) is 16.6. The van der Waals surface area contributed by atoms with Crippen molar-refractivity contribution in [1.29, 1.82) is 0 Å². The topological polar surface area (TPSA) is 58.6 Å². The molecule has 0 aliphatic rings. The predicted molar refractivity (Wildman–Crippen MR) is 70.7 cm³/mol. The summed E-state index contributed by atoms with van der Waals surface area (Å²) in [4.78, 5) is 11.0. The van der Waals surface area contributed by atoms with Crippen LogP contribution in [0.1, 0.15) is 13.8 Å². The maximum Gasteiger partial charge on any atom is 0.573 e. The standard InChI is InChI=1S/C12H13BrF3NO3/c1-6(2)10(11(18)19)17-7-3-4-9(8(13)5-7)20-12(14,15)16/h3-6,10,17H,1-2H3,(H,18,19). The van der Waals surface area contributed by atoms with Gasteiger partial charge >= 0.3 is 12.3 Å². The summed E-state index contributed by atoms with van der Waals surface area (Å²) < 4.78 is 40.2. The van der Waals surface area contributed by atoms with Crippen LogP contribution in [-0.2, 0) is 4.79 Å². The molecule has 0 aromatic heterocycles. The van der Waals surface area contributed by atoms with E-state index in [9.17, 15) is 18.0 Å². The van der Waals surface area contributed by atoms with Crippen molar-refractivity contribution in [2.75, 3.05) is 5.32 Å². The van der Waals surface area contributed by atoms with Crippen molar-refractivity contribution < 1.29 is 27.8 Å². The fourth-order valence-corrected chi connectivity index (χ4v) is 1.95. The van der Waals surface area contributed by atoms with Gasteiger partial charge in [0.15, 0.2) is 0 Å². The lowest BCUT2D eigenvalue weighted by atomic mass is 10.0. The molecule has 1 aromatic rings. The minimum atomic E-state index is -4.78. The molecule has 1 aromatic carbocycles. The second kappa shape index (κ2) is 6.34. The van der Waals surface area contributed by atoms with Crippen molar-refractivity contribution in [3.8, 4) is 5.75 Å². The van der Waals surface area contributed by atoms with Crippen LogP contribution in [0.4, 0.5) is 18.9 Å². The number of benzene rings is 1. The zero-order valence-electron chi connectivity index (χ0n) is 10.7. The van der Waals surface area contributed by atoms with E-state index < -0.39 is 18.4 Å². The summed E-state index contributed by atoms with van der Waals surface area (Å²) in [7, 11) is 0. The molecular formula is C12H13BrF3NO3. The number of carbonyl (C=O) groups is 1. The first-order valence-electron chi connectivity index (χ1n) is 5.65. The SMILES string of the molecule is CC(C)C(Nc1ccc(OC(F)(F)F)c(Br)c1)C(=O)O. The molecular weight excluding hydrogens is 343 g/mol. The van der Waals surface area contributed by atoms with Crippen molar-refractivity contribution in [2.45, 2.75) is 26.3 Å². The first-order chi connectivity index (χ1) is 9.10. The summed E-state index contributed by atoms with van der Waals surface area (Å²) >= 11 is 2.95. The Morgan fingerprint density at radius 3 is 2.40 bits per heavy atom. The van der Waals surface area contributed by atoms with Crippen LogP contribution in [0.15, 0.2) is 22.7 Å². The third-order valence-electron chi connectivity index (χ3n) is 2.41. The van der Waals surface area contributed by atoms with Crippen LogP contribution >= 0.6 is 15.9 Å². The molecule has 0 fully saturated rings. The summed E-state index contributed by atoms with van der Waals surface area (Å²) in [5.74, 6) is -1.61. The van der Waals surface area contributed by atoms with Crippen LogP contribution in [0.25, 0.3) is 0 Å². The van der Waals surface area contributed by atoms with E-state index in [4.69, 9.17) is 5.11 Å². The Balaban J connectivity index is 2.89. The molecule has 1 rings (SSSR count). The number of aliphatic carboxylic acids is 1. The van der Waals surface area contributed by atoms with Gasteiger partial charge in [0.05, 0.1) is 4.47 Å². The van der Waals surface area contributed by atoms with Crippen LogP contribution in [0, 0.1) is 5.92 Å². The highest BCUT2D eigenvalue weighted by molar-refractivity contribution is 9.10. The van der Waals surface area contributed by atoms with Gasteiger partial charge < -0.3 is 15.2 Å². The molecule has 20 heavy (non-hydrogen) atoms. The van der Waals surface area contributed by atoms with Crippen LogP contribution < -0.4 is 10.1 Å². The highest BCUT2D eigenvalue weighted by Gasteiger charge is 2.32. The quantitative estimate of drug-likeness (QED) is 0.841. The predicted octanol–water partition coefficient (Wildman–Crippen LogP) is 3.87. The van der Waals surface area contributed by atoms with E-state index in [-0.39, 0.29) is 16.1 Å². The summed E-state index contributed by atoms with van der Waals surface area (Å²) in [6, 6.07) is 2.93. The zero-order valence-corrected chi connectivity index (χ0v) is 12.2. The molecule has 0 aliphatic carbocycles. The van der Waals surface area contributed by atoms with Crippen molar-refractivity contribution in [3.05, 3.63) is 22.7 Å². The van der Waals surface area contributed by atoms with E-state index in [2.05, 4.69) is 26.0 Å². The van der Waals surface area contributed by atoms with E-state index in [1.54, 1.807) is 13.8 Å². The van der Waals surface area contributed by atoms with Crippen molar-refractivity contribution in [1.82, 2.24) is 0 Å². The maximum absolute atomic E-state index is 12.1. The van der Waals surface area contributed by atoms with Crippen LogP contribution in [0.2, 0.25) is 0 Å². The van der Waals surface area contributed by atoms with Gasteiger partial charge in [0.1, 0.15) is 11.8 Å². The van der Waals surface area contributed by atoms with Crippen molar-refractivity contribution in [3.63, 3.8) is 0 Å². The number of hydrogen-bond donors (Lipinski definition) is 2. The molecule has 0 spiro atoms. The number of halogens is 4. The van der Waals surface area contributed by atoms with Crippen LogP contribution in [-0.4, -0.2) is 23.5 Å². The number of alkyl halides is 3. The van der Waals surface area contributed by atoms with Crippen molar-refractivity contribution in [2.24, 2.45) is 5.92 Å². The molecule has 4 nitrogen and oxygen atoms in total.